The Hall–Kier alpha value is -1.43. The second kappa shape index (κ2) is 9.50. The molecule has 118 valence electrons. The number of nitrogens with one attached hydrogen (secondary N) is 1. The third-order valence-corrected chi connectivity index (χ3v) is 3.25. The third-order valence-electron chi connectivity index (χ3n) is 3.25. The Kier molecular flexibility index (Phi) is 7.97. The van der Waals surface area contributed by atoms with Crippen molar-refractivity contribution < 1.29 is 24.6 Å². The van der Waals surface area contributed by atoms with Crippen molar-refractivity contribution in [2.45, 2.75) is 25.9 Å². The van der Waals surface area contributed by atoms with E-state index in [1.165, 1.54) is 0 Å². The molecule has 1 aromatic carbocycles. The Bertz CT molecular complexity index is 419. The first kappa shape index (κ1) is 17.6. The molecule has 0 aromatic heterocycles. The van der Waals surface area contributed by atoms with Gasteiger partial charge < -0.3 is 24.6 Å². The maximum absolute atomic E-state index is 10.9. The number of ether oxygens (including phenoxy) is 1. The highest BCUT2D eigenvalue weighted by Crippen LogP contribution is 2.13. The van der Waals surface area contributed by atoms with Crippen molar-refractivity contribution in [1.29, 1.82) is 0 Å². The number of hydrogen-bond donors (Lipinski definition) is 3. The van der Waals surface area contributed by atoms with Gasteiger partial charge >= 0.3 is 0 Å². The molecule has 3 N–H and O–H groups in total. The van der Waals surface area contributed by atoms with Gasteiger partial charge in [-0.15, -0.1) is 0 Å². The van der Waals surface area contributed by atoms with E-state index < -0.39 is 6.10 Å². The summed E-state index contributed by atoms with van der Waals surface area (Å²) in [6.45, 7) is 3.09. The number of likely N-dealkylation sites (N-methyl/N-ethyl adjacent to an activating group) is 1. The van der Waals surface area contributed by atoms with Gasteiger partial charge in [0.15, 0.2) is 0 Å². The summed E-state index contributed by atoms with van der Waals surface area (Å²) in [5.41, 5.74) is 1.10. The Labute approximate surface area is 126 Å². The Morgan fingerprint density at radius 1 is 1.33 bits per heavy atom. The third kappa shape index (κ3) is 7.80. The Balaban J connectivity index is 2.33. The molecule has 0 aliphatic rings. The van der Waals surface area contributed by atoms with Gasteiger partial charge in [-0.25, -0.2) is 0 Å². The van der Waals surface area contributed by atoms with Gasteiger partial charge in [0.1, 0.15) is 37.3 Å². The minimum absolute atomic E-state index is 0.112. The number of benzene rings is 1. The van der Waals surface area contributed by atoms with Crippen LogP contribution in [0.15, 0.2) is 24.3 Å². The van der Waals surface area contributed by atoms with Crippen LogP contribution in [0, 0.1) is 0 Å². The summed E-state index contributed by atoms with van der Waals surface area (Å²) in [6, 6.07) is 7.58. The van der Waals surface area contributed by atoms with Gasteiger partial charge in [0.2, 0.25) is 0 Å². The SMILES string of the molecule is CC(=O)CCc1ccc(OC[C@H](O)C[NH+](C)CCO)cc1. The number of aliphatic hydroxyl groups is 2. The smallest absolute Gasteiger partial charge is 0.137 e. The summed E-state index contributed by atoms with van der Waals surface area (Å²) in [6.07, 6.45) is 0.737. The van der Waals surface area contributed by atoms with Crippen molar-refractivity contribution in [3.8, 4) is 5.75 Å². The highest BCUT2D eigenvalue weighted by molar-refractivity contribution is 5.75. The van der Waals surface area contributed by atoms with Crippen LogP contribution in [-0.4, -0.2) is 55.5 Å². The van der Waals surface area contributed by atoms with Crippen molar-refractivity contribution in [1.82, 2.24) is 0 Å². The largest absolute Gasteiger partial charge is 0.491 e. The van der Waals surface area contributed by atoms with Crippen molar-refractivity contribution in [3.63, 3.8) is 0 Å². The molecule has 0 aliphatic heterocycles. The van der Waals surface area contributed by atoms with Crippen LogP contribution in [0.4, 0.5) is 0 Å². The molecule has 1 rings (SSSR count). The summed E-state index contributed by atoms with van der Waals surface area (Å²) in [5.74, 6) is 0.897. The summed E-state index contributed by atoms with van der Waals surface area (Å²) < 4.78 is 5.53. The first-order chi connectivity index (χ1) is 10.0. The average molecular weight is 296 g/mol. The molecule has 0 saturated heterocycles. The standard InChI is InChI=1S/C16H25NO4/c1-13(19)3-4-14-5-7-16(8-6-14)21-12-15(20)11-17(2)9-10-18/h5-8,15,18,20H,3-4,9-12H2,1-2H3/p+1/t15-/m1/s1. The minimum atomic E-state index is -0.561. The van der Waals surface area contributed by atoms with Gasteiger partial charge in [-0.3, -0.25) is 0 Å². The molecular formula is C16H26NO4+. The van der Waals surface area contributed by atoms with E-state index in [1.807, 2.05) is 31.3 Å². The van der Waals surface area contributed by atoms with E-state index in [1.54, 1.807) is 6.92 Å². The van der Waals surface area contributed by atoms with Crippen LogP contribution in [0.1, 0.15) is 18.9 Å². The lowest BCUT2D eigenvalue weighted by molar-refractivity contribution is -0.883. The van der Waals surface area contributed by atoms with Crippen LogP contribution in [0.25, 0.3) is 0 Å². The zero-order valence-corrected chi connectivity index (χ0v) is 12.8. The van der Waals surface area contributed by atoms with Gasteiger partial charge in [0.25, 0.3) is 0 Å². The molecule has 0 heterocycles. The predicted octanol–water partition coefficient (Wildman–Crippen LogP) is -0.545. The van der Waals surface area contributed by atoms with E-state index in [9.17, 15) is 9.90 Å². The fraction of sp³-hybridized carbons (Fsp3) is 0.562. The minimum Gasteiger partial charge on any atom is -0.491 e. The molecule has 0 bridgehead atoms. The summed E-state index contributed by atoms with van der Waals surface area (Å²) >= 11 is 0. The van der Waals surface area contributed by atoms with Gasteiger partial charge in [-0.1, -0.05) is 12.1 Å². The molecule has 1 unspecified atom stereocenters. The zero-order chi connectivity index (χ0) is 15.7. The highest BCUT2D eigenvalue weighted by Gasteiger charge is 2.11. The number of aliphatic hydroxyl groups excluding tert-OH is 2. The van der Waals surface area contributed by atoms with Gasteiger partial charge in [-0.05, 0) is 31.0 Å². The first-order valence-electron chi connectivity index (χ1n) is 7.32. The number of aryl methyl sites for hydroxylation is 1. The molecule has 0 spiro atoms. The van der Waals surface area contributed by atoms with E-state index in [0.717, 1.165) is 16.9 Å². The van der Waals surface area contributed by atoms with Crippen LogP contribution in [0.2, 0.25) is 0 Å². The Morgan fingerprint density at radius 2 is 2.00 bits per heavy atom. The summed E-state index contributed by atoms with van der Waals surface area (Å²) in [4.78, 5) is 12.0. The monoisotopic (exact) mass is 296 g/mol. The molecule has 1 aromatic rings. The van der Waals surface area contributed by atoms with Crippen molar-refractivity contribution in [2.24, 2.45) is 0 Å². The topological polar surface area (TPSA) is 71.2 Å². The molecular weight excluding hydrogens is 270 g/mol. The van der Waals surface area contributed by atoms with E-state index in [-0.39, 0.29) is 19.0 Å². The predicted molar refractivity (Wildman–Crippen MR) is 80.7 cm³/mol. The second-order valence-electron chi connectivity index (χ2n) is 5.45. The maximum Gasteiger partial charge on any atom is 0.137 e. The van der Waals surface area contributed by atoms with Gasteiger partial charge in [-0.2, -0.15) is 0 Å². The summed E-state index contributed by atoms with van der Waals surface area (Å²) in [7, 11) is 1.92. The normalized spacial score (nSPS) is 13.7. The number of rotatable bonds is 10. The van der Waals surface area contributed by atoms with Crippen LogP contribution < -0.4 is 9.64 Å². The number of ketones is 1. The molecule has 0 radical (unpaired) electrons. The molecule has 5 heteroatoms. The molecule has 5 nitrogen and oxygen atoms in total. The molecule has 0 aliphatic carbocycles. The number of carbonyl (C=O) groups is 1. The molecule has 21 heavy (non-hydrogen) atoms. The number of hydrogen-bond acceptors (Lipinski definition) is 4. The van der Waals surface area contributed by atoms with E-state index >= 15 is 0 Å². The van der Waals surface area contributed by atoms with Crippen LogP contribution in [0.5, 0.6) is 5.75 Å². The zero-order valence-electron chi connectivity index (χ0n) is 12.8. The number of quaternary nitrogens is 1. The molecule has 0 fully saturated rings. The number of Topliss-reactive ketones (excluding diaryl/α,β-unsaturated/α-hetero) is 1. The highest BCUT2D eigenvalue weighted by atomic mass is 16.5. The Morgan fingerprint density at radius 3 is 2.57 bits per heavy atom. The quantitative estimate of drug-likeness (QED) is 0.542. The lowest BCUT2D eigenvalue weighted by Crippen LogP contribution is -3.10. The van der Waals surface area contributed by atoms with Crippen molar-refractivity contribution in [2.75, 3.05) is 33.4 Å². The summed E-state index contributed by atoms with van der Waals surface area (Å²) in [5, 5.41) is 18.6. The van der Waals surface area contributed by atoms with Crippen LogP contribution >= 0.6 is 0 Å². The van der Waals surface area contributed by atoms with Crippen molar-refractivity contribution >= 4 is 5.78 Å². The fourth-order valence-corrected chi connectivity index (χ4v) is 2.02. The van der Waals surface area contributed by atoms with Crippen molar-refractivity contribution in [3.05, 3.63) is 29.8 Å². The average Bonchev–Trinajstić information content (AvgIpc) is 2.44. The molecule has 0 amide bonds. The van der Waals surface area contributed by atoms with E-state index in [0.29, 0.717) is 25.3 Å². The van der Waals surface area contributed by atoms with E-state index in [4.69, 9.17) is 9.84 Å². The van der Waals surface area contributed by atoms with Gasteiger partial charge in [0, 0.05) is 6.42 Å². The van der Waals surface area contributed by atoms with E-state index in [2.05, 4.69) is 0 Å². The lowest BCUT2D eigenvalue weighted by Gasteiger charge is -2.17. The second-order valence-corrected chi connectivity index (χ2v) is 5.45. The molecule has 0 saturated carbocycles. The van der Waals surface area contributed by atoms with Gasteiger partial charge in [0.05, 0.1) is 13.7 Å². The fourth-order valence-electron chi connectivity index (χ4n) is 2.02. The van der Waals surface area contributed by atoms with Crippen LogP contribution in [-0.2, 0) is 11.2 Å². The molecule has 2 atom stereocenters. The van der Waals surface area contributed by atoms with Crippen LogP contribution in [0.3, 0.4) is 0 Å². The number of carbonyl (C=O) groups excluding carboxylic acids is 1. The first-order valence-corrected chi connectivity index (χ1v) is 7.32. The maximum atomic E-state index is 10.9. The lowest BCUT2D eigenvalue weighted by atomic mass is 10.1.